The first-order chi connectivity index (χ1) is 7.30. The standard InChI is InChI=1S/C12H13NO2/c14-11-7-15-8-12(13-11)6-10(12)9-4-2-1-3-5-9/h1-5,10H,6-8H2,(H,13,14)/t10-,12-/m0/s1. The number of rotatable bonds is 1. The molecule has 1 aliphatic carbocycles. The topological polar surface area (TPSA) is 38.3 Å². The van der Waals surface area contributed by atoms with Crippen molar-refractivity contribution >= 4 is 5.91 Å². The number of nitrogens with one attached hydrogen (secondary N) is 1. The maximum absolute atomic E-state index is 11.3. The quantitative estimate of drug-likeness (QED) is 0.741. The molecule has 2 aliphatic rings. The van der Waals surface area contributed by atoms with Crippen LogP contribution in [0.4, 0.5) is 0 Å². The van der Waals surface area contributed by atoms with Crippen molar-refractivity contribution in [2.45, 2.75) is 17.9 Å². The Morgan fingerprint density at radius 2 is 2.13 bits per heavy atom. The lowest BCUT2D eigenvalue weighted by Crippen LogP contribution is -2.48. The molecule has 3 rings (SSSR count). The summed E-state index contributed by atoms with van der Waals surface area (Å²) >= 11 is 0. The second-order valence-corrected chi connectivity index (χ2v) is 4.36. The fraction of sp³-hybridized carbons (Fsp3) is 0.417. The summed E-state index contributed by atoms with van der Waals surface area (Å²) in [5.41, 5.74) is 1.19. The highest BCUT2D eigenvalue weighted by atomic mass is 16.5. The van der Waals surface area contributed by atoms with Crippen molar-refractivity contribution in [3.8, 4) is 0 Å². The van der Waals surface area contributed by atoms with Crippen molar-refractivity contribution in [2.24, 2.45) is 0 Å². The number of ether oxygens (including phenoxy) is 1. The molecule has 0 bridgehead atoms. The minimum absolute atomic E-state index is 0.0136. The number of hydrogen-bond acceptors (Lipinski definition) is 2. The first-order valence-electron chi connectivity index (χ1n) is 5.24. The van der Waals surface area contributed by atoms with Gasteiger partial charge in [-0.15, -0.1) is 0 Å². The van der Waals surface area contributed by atoms with Crippen LogP contribution in [-0.4, -0.2) is 24.7 Å². The Balaban J connectivity index is 1.80. The molecule has 78 valence electrons. The second kappa shape index (κ2) is 3.07. The molecule has 0 aromatic heterocycles. The summed E-state index contributed by atoms with van der Waals surface area (Å²) in [6.45, 7) is 0.863. The molecular weight excluding hydrogens is 190 g/mol. The predicted octanol–water partition coefficient (Wildman–Crippen LogP) is 1.06. The molecule has 1 aromatic rings. The van der Waals surface area contributed by atoms with Crippen LogP contribution in [0.15, 0.2) is 30.3 Å². The largest absolute Gasteiger partial charge is 0.369 e. The van der Waals surface area contributed by atoms with Gasteiger partial charge in [-0.2, -0.15) is 0 Å². The van der Waals surface area contributed by atoms with Gasteiger partial charge in [0.15, 0.2) is 0 Å². The van der Waals surface area contributed by atoms with Crippen LogP contribution in [0.2, 0.25) is 0 Å². The summed E-state index contributed by atoms with van der Waals surface area (Å²) in [5.74, 6) is 0.447. The van der Waals surface area contributed by atoms with Gasteiger partial charge in [-0.05, 0) is 12.0 Å². The minimum atomic E-state index is -0.101. The smallest absolute Gasteiger partial charge is 0.246 e. The highest BCUT2D eigenvalue weighted by molar-refractivity contribution is 5.79. The molecule has 1 aliphatic heterocycles. The predicted molar refractivity (Wildman–Crippen MR) is 55.5 cm³/mol. The lowest BCUT2D eigenvalue weighted by molar-refractivity contribution is -0.132. The van der Waals surface area contributed by atoms with Gasteiger partial charge in [0.1, 0.15) is 6.61 Å². The maximum Gasteiger partial charge on any atom is 0.246 e. The molecular formula is C12H13NO2. The minimum Gasteiger partial charge on any atom is -0.369 e. The van der Waals surface area contributed by atoms with Gasteiger partial charge in [-0.3, -0.25) is 4.79 Å². The zero-order valence-corrected chi connectivity index (χ0v) is 8.40. The van der Waals surface area contributed by atoms with E-state index in [9.17, 15) is 4.79 Å². The average Bonchev–Trinajstić information content (AvgIpc) is 2.93. The second-order valence-electron chi connectivity index (χ2n) is 4.36. The molecule has 1 aromatic carbocycles. The summed E-state index contributed by atoms with van der Waals surface area (Å²) in [4.78, 5) is 11.3. The maximum atomic E-state index is 11.3. The van der Waals surface area contributed by atoms with Gasteiger partial charge in [0, 0.05) is 5.92 Å². The van der Waals surface area contributed by atoms with Crippen LogP contribution in [-0.2, 0) is 9.53 Å². The monoisotopic (exact) mass is 203 g/mol. The van der Waals surface area contributed by atoms with Gasteiger partial charge in [-0.1, -0.05) is 30.3 Å². The van der Waals surface area contributed by atoms with Gasteiger partial charge >= 0.3 is 0 Å². The van der Waals surface area contributed by atoms with Crippen LogP contribution in [0.5, 0.6) is 0 Å². The number of carbonyl (C=O) groups is 1. The zero-order chi connectivity index (χ0) is 10.3. The molecule has 0 radical (unpaired) electrons. The van der Waals surface area contributed by atoms with Crippen molar-refractivity contribution in [1.82, 2.24) is 5.32 Å². The fourth-order valence-corrected chi connectivity index (χ4v) is 2.40. The number of carbonyl (C=O) groups excluding carboxylic acids is 1. The van der Waals surface area contributed by atoms with Crippen molar-refractivity contribution in [3.05, 3.63) is 35.9 Å². The molecule has 0 unspecified atom stereocenters. The highest BCUT2D eigenvalue weighted by Gasteiger charge is 2.57. The lowest BCUT2D eigenvalue weighted by Gasteiger charge is -2.24. The average molecular weight is 203 g/mol. The van der Waals surface area contributed by atoms with Crippen LogP contribution < -0.4 is 5.32 Å². The normalized spacial score (nSPS) is 33.9. The fourth-order valence-electron chi connectivity index (χ4n) is 2.40. The van der Waals surface area contributed by atoms with Crippen molar-refractivity contribution in [1.29, 1.82) is 0 Å². The Kier molecular flexibility index (Phi) is 1.83. The van der Waals surface area contributed by atoms with Gasteiger partial charge in [-0.25, -0.2) is 0 Å². The van der Waals surface area contributed by atoms with Gasteiger partial charge in [0.25, 0.3) is 0 Å². The molecule has 1 spiro atoms. The van der Waals surface area contributed by atoms with E-state index in [2.05, 4.69) is 17.4 Å². The van der Waals surface area contributed by atoms with E-state index in [4.69, 9.17) is 4.74 Å². The molecule has 1 saturated heterocycles. The number of hydrogen-bond donors (Lipinski definition) is 1. The SMILES string of the molecule is O=C1COC[C@]2(C[C@H]2c2ccccc2)N1. The van der Waals surface area contributed by atoms with Crippen molar-refractivity contribution < 1.29 is 9.53 Å². The number of benzene rings is 1. The summed E-state index contributed by atoms with van der Waals surface area (Å²) in [6.07, 6.45) is 1.00. The van der Waals surface area contributed by atoms with E-state index in [1.807, 2.05) is 18.2 Å². The molecule has 1 saturated carbocycles. The Bertz CT molecular complexity index is 390. The Morgan fingerprint density at radius 3 is 2.87 bits per heavy atom. The van der Waals surface area contributed by atoms with Crippen molar-refractivity contribution in [2.75, 3.05) is 13.2 Å². The third-order valence-corrected chi connectivity index (χ3v) is 3.26. The van der Waals surface area contributed by atoms with Gasteiger partial charge in [0.05, 0.1) is 12.1 Å². The summed E-state index contributed by atoms with van der Waals surface area (Å²) in [6, 6.07) is 10.3. The van der Waals surface area contributed by atoms with Crippen LogP contribution >= 0.6 is 0 Å². The third-order valence-electron chi connectivity index (χ3n) is 3.26. The Labute approximate surface area is 88.4 Å². The van der Waals surface area contributed by atoms with E-state index in [1.54, 1.807) is 0 Å². The summed E-state index contributed by atoms with van der Waals surface area (Å²) in [7, 11) is 0. The molecule has 1 N–H and O–H groups in total. The highest BCUT2D eigenvalue weighted by Crippen LogP contribution is 2.52. The Hall–Kier alpha value is -1.35. The van der Waals surface area contributed by atoms with Gasteiger partial charge in [0.2, 0.25) is 5.91 Å². The van der Waals surface area contributed by atoms with E-state index in [1.165, 1.54) is 5.56 Å². The summed E-state index contributed by atoms with van der Waals surface area (Å²) < 4.78 is 5.30. The molecule has 2 fully saturated rings. The van der Waals surface area contributed by atoms with Crippen molar-refractivity contribution in [3.63, 3.8) is 0 Å². The van der Waals surface area contributed by atoms with E-state index in [-0.39, 0.29) is 18.1 Å². The van der Waals surface area contributed by atoms with E-state index < -0.39 is 0 Å². The van der Waals surface area contributed by atoms with E-state index in [0.717, 1.165) is 6.42 Å². The van der Waals surface area contributed by atoms with Crippen LogP contribution in [0, 0.1) is 0 Å². The van der Waals surface area contributed by atoms with E-state index >= 15 is 0 Å². The number of morpholine rings is 1. The molecule has 3 heteroatoms. The van der Waals surface area contributed by atoms with Crippen LogP contribution in [0.3, 0.4) is 0 Å². The van der Waals surface area contributed by atoms with E-state index in [0.29, 0.717) is 12.5 Å². The summed E-state index contributed by atoms with van der Waals surface area (Å²) in [5, 5.41) is 3.05. The van der Waals surface area contributed by atoms with Crippen LogP contribution in [0.25, 0.3) is 0 Å². The lowest BCUT2D eigenvalue weighted by atomic mass is 10.1. The molecule has 2 atom stereocenters. The first-order valence-corrected chi connectivity index (χ1v) is 5.24. The zero-order valence-electron chi connectivity index (χ0n) is 8.40. The first kappa shape index (κ1) is 8.92. The Morgan fingerprint density at radius 1 is 1.33 bits per heavy atom. The molecule has 15 heavy (non-hydrogen) atoms. The molecule has 1 heterocycles. The molecule has 1 amide bonds. The van der Waals surface area contributed by atoms with Crippen LogP contribution in [0.1, 0.15) is 17.9 Å². The third kappa shape index (κ3) is 1.43. The molecule has 3 nitrogen and oxygen atoms in total. The number of amides is 1. The van der Waals surface area contributed by atoms with Gasteiger partial charge < -0.3 is 10.1 Å².